The lowest BCUT2D eigenvalue weighted by molar-refractivity contribution is 0.583. The highest BCUT2D eigenvalue weighted by Crippen LogP contribution is 2.23. The van der Waals surface area contributed by atoms with Gasteiger partial charge in [0.15, 0.2) is 0 Å². The highest BCUT2D eigenvalue weighted by Gasteiger charge is 2.18. The Labute approximate surface area is 67.0 Å². The van der Waals surface area contributed by atoms with Crippen molar-refractivity contribution in [1.29, 1.82) is 0 Å². The van der Waals surface area contributed by atoms with Gasteiger partial charge in [0, 0.05) is 6.54 Å². The van der Waals surface area contributed by atoms with Crippen molar-refractivity contribution >= 4 is 0 Å². The van der Waals surface area contributed by atoms with E-state index in [4.69, 9.17) is 5.73 Å². The molecular weight excluding hydrogens is 138 g/mol. The summed E-state index contributed by atoms with van der Waals surface area (Å²) < 4.78 is 0. The van der Waals surface area contributed by atoms with E-state index in [2.05, 4.69) is 31.0 Å². The Morgan fingerprint density at radius 2 is 2.18 bits per heavy atom. The molecule has 0 aliphatic carbocycles. The van der Waals surface area contributed by atoms with Crippen LogP contribution < -0.4 is 5.73 Å². The maximum atomic E-state index is 5.52. The zero-order chi connectivity index (χ0) is 8.48. The summed E-state index contributed by atoms with van der Waals surface area (Å²) in [5, 5.41) is 6.84. The van der Waals surface area contributed by atoms with Crippen LogP contribution >= 0.6 is 0 Å². The number of nitrogens with zero attached hydrogens (tertiary/aromatic N) is 1. The number of hydrogen-bond acceptors (Lipinski definition) is 2. The molecule has 0 aromatic carbocycles. The third kappa shape index (κ3) is 1.60. The summed E-state index contributed by atoms with van der Waals surface area (Å²) in [5.41, 5.74) is 7.91. The van der Waals surface area contributed by atoms with Crippen LogP contribution in [0.5, 0.6) is 0 Å². The Kier molecular flexibility index (Phi) is 2.00. The van der Waals surface area contributed by atoms with E-state index >= 15 is 0 Å². The molecular formula is C8H15N3. The number of hydrogen-bond donors (Lipinski definition) is 2. The van der Waals surface area contributed by atoms with Crippen LogP contribution in [0.3, 0.4) is 0 Å². The van der Waals surface area contributed by atoms with Crippen LogP contribution in [0.25, 0.3) is 0 Å². The SMILES string of the molecule is CC(C)(C)c1cn[nH]c1CN. The van der Waals surface area contributed by atoms with Crippen LogP contribution in [0.2, 0.25) is 0 Å². The van der Waals surface area contributed by atoms with Gasteiger partial charge in [-0.3, -0.25) is 5.10 Å². The number of rotatable bonds is 1. The normalized spacial score (nSPS) is 12.0. The second kappa shape index (κ2) is 2.66. The molecule has 0 bridgehead atoms. The molecule has 62 valence electrons. The molecule has 0 aliphatic heterocycles. The van der Waals surface area contributed by atoms with Crippen LogP contribution in [0, 0.1) is 0 Å². The van der Waals surface area contributed by atoms with Gasteiger partial charge in [-0.25, -0.2) is 0 Å². The monoisotopic (exact) mass is 153 g/mol. The molecule has 1 aromatic rings. The molecule has 3 nitrogen and oxygen atoms in total. The molecule has 1 heterocycles. The summed E-state index contributed by atoms with van der Waals surface area (Å²) in [6.45, 7) is 6.98. The van der Waals surface area contributed by atoms with Gasteiger partial charge in [0.25, 0.3) is 0 Å². The quantitative estimate of drug-likeness (QED) is 0.636. The third-order valence-electron chi connectivity index (χ3n) is 1.73. The molecule has 1 rings (SSSR count). The van der Waals surface area contributed by atoms with Gasteiger partial charge in [-0.1, -0.05) is 20.8 Å². The van der Waals surface area contributed by atoms with E-state index in [1.54, 1.807) is 0 Å². The first-order chi connectivity index (χ1) is 5.05. The fourth-order valence-corrected chi connectivity index (χ4v) is 1.11. The summed E-state index contributed by atoms with van der Waals surface area (Å²) in [5.74, 6) is 0. The second-order valence-corrected chi connectivity index (χ2v) is 3.72. The van der Waals surface area contributed by atoms with Gasteiger partial charge in [0.1, 0.15) is 0 Å². The number of H-pyrrole nitrogens is 1. The molecule has 0 aliphatic rings. The summed E-state index contributed by atoms with van der Waals surface area (Å²) in [7, 11) is 0. The fraction of sp³-hybridized carbons (Fsp3) is 0.625. The van der Waals surface area contributed by atoms with Gasteiger partial charge in [-0.05, 0) is 11.0 Å². The molecule has 0 amide bonds. The molecule has 0 spiro atoms. The summed E-state index contributed by atoms with van der Waals surface area (Å²) >= 11 is 0. The molecule has 3 N–H and O–H groups in total. The third-order valence-corrected chi connectivity index (χ3v) is 1.73. The van der Waals surface area contributed by atoms with Crippen LogP contribution in [0.4, 0.5) is 0 Å². The van der Waals surface area contributed by atoms with Crippen molar-refractivity contribution in [3.8, 4) is 0 Å². The van der Waals surface area contributed by atoms with Crippen molar-refractivity contribution < 1.29 is 0 Å². The minimum Gasteiger partial charge on any atom is -0.325 e. The van der Waals surface area contributed by atoms with Gasteiger partial charge in [0.05, 0.1) is 11.9 Å². The number of nitrogens with one attached hydrogen (secondary N) is 1. The van der Waals surface area contributed by atoms with Gasteiger partial charge in [-0.2, -0.15) is 5.10 Å². The van der Waals surface area contributed by atoms with Gasteiger partial charge >= 0.3 is 0 Å². The van der Waals surface area contributed by atoms with Crippen LogP contribution in [0.15, 0.2) is 6.20 Å². The van der Waals surface area contributed by atoms with E-state index in [1.165, 1.54) is 5.56 Å². The maximum Gasteiger partial charge on any atom is 0.0528 e. The Morgan fingerprint density at radius 3 is 2.55 bits per heavy atom. The smallest absolute Gasteiger partial charge is 0.0528 e. The van der Waals surface area contributed by atoms with E-state index in [-0.39, 0.29) is 5.41 Å². The number of nitrogens with two attached hydrogens (primary N) is 1. The zero-order valence-electron chi connectivity index (χ0n) is 7.31. The summed E-state index contributed by atoms with van der Waals surface area (Å²) in [4.78, 5) is 0. The highest BCUT2D eigenvalue weighted by atomic mass is 15.1. The zero-order valence-corrected chi connectivity index (χ0v) is 7.31. The van der Waals surface area contributed by atoms with Crippen LogP contribution in [-0.2, 0) is 12.0 Å². The largest absolute Gasteiger partial charge is 0.325 e. The van der Waals surface area contributed by atoms with Gasteiger partial charge < -0.3 is 5.73 Å². The van der Waals surface area contributed by atoms with E-state index in [0.717, 1.165) is 5.69 Å². The molecule has 0 saturated carbocycles. The Balaban J connectivity index is 3.02. The Morgan fingerprint density at radius 1 is 1.55 bits per heavy atom. The van der Waals surface area contributed by atoms with Crippen molar-refractivity contribution in [2.45, 2.75) is 32.7 Å². The van der Waals surface area contributed by atoms with Crippen LogP contribution in [-0.4, -0.2) is 10.2 Å². The fourth-order valence-electron chi connectivity index (χ4n) is 1.11. The molecule has 0 saturated heterocycles. The van der Waals surface area contributed by atoms with E-state index < -0.39 is 0 Å². The first kappa shape index (κ1) is 8.27. The van der Waals surface area contributed by atoms with Crippen molar-refractivity contribution in [2.75, 3.05) is 0 Å². The minimum atomic E-state index is 0.141. The molecule has 0 fully saturated rings. The maximum absolute atomic E-state index is 5.52. The lowest BCUT2D eigenvalue weighted by Gasteiger charge is -2.17. The lowest BCUT2D eigenvalue weighted by Crippen LogP contribution is -2.14. The van der Waals surface area contributed by atoms with Gasteiger partial charge in [-0.15, -0.1) is 0 Å². The molecule has 0 radical (unpaired) electrons. The van der Waals surface area contributed by atoms with Crippen molar-refractivity contribution in [2.24, 2.45) is 5.73 Å². The van der Waals surface area contributed by atoms with E-state index in [1.807, 2.05) is 6.20 Å². The highest BCUT2D eigenvalue weighted by molar-refractivity contribution is 5.24. The van der Waals surface area contributed by atoms with Crippen LogP contribution in [0.1, 0.15) is 32.0 Å². The van der Waals surface area contributed by atoms with E-state index in [9.17, 15) is 0 Å². The second-order valence-electron chi connectivity index (χ2n) is 3.72. The summed E-state index contributed by atoms with van der Waals surface area (Å²) in [6, 6.07) is 0. The molecule has 0 atom stereocenters. The number of aromatic nitrogens is 2. The average molecular weight is 153 g/mol. The van der Waals surface area contributed by atoms with Gasteiger partial charge in [0.2, 0.25) is 0 Å². The van der Waals surface area contributed by atoms with Crippen molar-refractivity contribution in [3.05, 3.63) is 17.5 Å². The standard InChI is InChI=1S/C8H15N3/c1-8(2,3)6-5-10-11-7(6)4-9/h5H,4,9H2,1-3H3,(H,10,11). The number of aromatic amines is 1. The minimum absolute atomic E-state index is 0.141. The first-order valence-electron chi connectivity index (χ1n) is 3.78. The topological polar surface area (TPSA) is 54.7 Å². The Hall–Kier alpha value is -0.830. The van der Waals surface area contributed by atoms with Crippen molar-refractivity contribution in [3.63, 3.8) is 0 Å². The molecule has 1 aromatic heterocycles. The van der Waals surface area contributed by atoms with E-state index in [0.29, 0.717) is 6.54 Å². The first-order valence-corrected chi connectivity index (χ1v) is 3.78. The predicted octanol–water partition coefficient (Wildman–Crippen LogP) is 1.17. The average Bonchev–Trinajstić information content (AvgIpc) is 2.31. The molecule has 0 unspecified atom stereocenters. The van der Waals surface area contributed by atoms with Crippen molar-refractivity contribution in [1.82, 2.24) is 10.2 Å². The Bertz CT molecular complexity index is 232. The predicted molar refractivity (Wildman–Crippen MR) is 45.2 cm³/mol. The lowest BCUT2D eigenvalue weighted by atomic mass is 9.87. The molecule has 11 heavy (non-hydrogen) atoms. The molecule has 3 heteroatoms. The summed E-state index contributed by atoms with van der Waals surface area (Å²) in [6.07, 6.45) is 1.85.